The summed E-state index contributed by atoms with van der Waals surface area (Å²) < 4.78 is 13.9. The number of hydrogen-bond acceptors (Lipinski definition) is 2. The average molecular weight is 364 g/mol. The van der Waals surface area contributed by atoms with E-state index in [2.05, 4.69) is 5.32 Å². The number of aliphatic hydroxyl groups excluding tert-OH is 1. The van der Waals surface area contributed by atoms with Gasteiger partial charge in [0, 0.05) is 17.0 Å². The van der Waals surface area contributed by atoms with Gasteiger partial charge in [-0.3, -0.25) is 4.79 Å². The summed E-state index contributed by atoms with van der Waals surface area (Å²) in [6.07, 6.45) is -0.975. The standard InChI is InChI=1S/C20H23ClFNO2/c1-13(19(25)18-15(21)10-7-11-16(18)22)23-17(24)12-20(2,3)14-8-5-4-6-9-14/h4-11,13,19,25H,12H2,1-3H3,(H,23,24). The zero-order valence-electron chi connectivity index (χ0n) is 14.6. The molecule has 2 N–H and O–H groups in total. The fourth-order valence-electron chi connectivity index (χ4n) is 2.82. The van der Waals surface area contributed by atoms with Crippen LogP contribution >= 0.6 is 11.6 Å². The van der Waals surface area contributed by atoms with Crippen molar-refractivity contribution in [2.75, 3.05) is 0 Å². The maximum Gasteiger partial charge on any atom is 0.221 e. The molecule has 134 valence electrons. The summed E-state index contributed by atoms with van der Waals surface area (Å²) in [5, 5.41) is 13.3. The minimum atomic E-state index is -1.22. The molecule has 25 heavy (non-hydrogen) atoms. The molecule has 2 rings (SSSR count). The molecule has 2 unspecified atom stereocenters. The summed E-state index contributed by atoms with van der Waals surface area (Å²) in [7, 11) is 0. The number of carbonyl (C=O) groups is 1. The highest BCUT2D eigenvalue weighted by Crippen LogP contribution is 2.29. The molecule has 0 fully saturated rings. The Bertz CT molecular complexity index is 713. The first-order valence-corrected chi connectivity index (χ1v) is 8.57. The van der Waals surface area contributed by atoms with E-state index in [4.69, 9.17) is 11.6 Å². The van der Waals surface area contributed by atoms with Gasteiger partial charge in [-0.25, -0.2) is 4.39 Å². The van der Waals surface area contributed by atoms with Gasteiger partial charge in [0.1, 0.15) is 11.9 Å². The highest BCUT2D eigenvalue weighted by Gasteiger charge is 2.28. The first kappa shape index (κ1) is 19.4. The minimum absolute atomic E-state index is 0.000661. The van der Waals surface area contributed by atoms with Gasteiger partial charge in [-0.15, -0.1) is 0 Å². The number of benzene rings is 2. The van der Waals surface area contributed by atoms with Crippen LogP contribution in [0.2, 0.25) is 5.02 Å². The number of hydrogen-bond donors (Lipinski definition) is 2. The van der Waals surface area contributed by atoms with E-state index in [-0.39, 0.29) is 28.3 Å². The van der Waals surface area contributed by atoms with Crippen LogP contribution in [0.5, 0.6) is 0 Å². The summed E-state index contributed by atoms with van der Waals surface area (Å²) in [4.78, 5) is 12.4. The quantitative estimate of drug-likeness (QED) is 0.799. The second kappa shape index (κ2) is 7.98. The van der Waals surface area contributed by atoms with Gasteiger partial charge < -0.3 is 10.4 Å². The molecule has 0 aliphatic carbocycles. The van der Waals surface area contributed by atoms with E-state index < -0.39 is 18.0 Å². The zero-order valence-corrected chi connectivity index (χ0v) is 15.3. The van der Waals surface area contributed by atoms with Crippen LogP contribution in [0.3, 0.4) is 0 Å². The largest absolute Gasteiger partial charge is 0.386 e. The smallest absolute Gasteiger partial charge is 0.221 e. The fraction of sp³-hybridized carbons (Fsp3) is 0.350. The molecule has 0 saturated carbocycles. The van der Waals surface area contributed by atoms with E-state index in [0.29, 0.717) is 0 Å². The predicted molar refractivity (Wildman–Crippen MR) is 98.1 cm³/mol. The molecule has 0 saturated heterocycles. The van der Waals surface area contributed by atoms with Gasteiger partial charge >= 0.3 is 0 Å². The maximum atomic E-state index is 13.9. The Kier molecular flexibility index (Phi) is 6.20. The van der Waals surface area contributed by atoms with Crippen molar-refractivity contribution in [3.63, 3.8) is 0 Å². The van der Waals surface area contributed by atoms with Gasteiger partial charge in [-0.1, -0.05) is 61.8 Å². The van der Waals surface area contributed by atoms with Gasteiger partial charge in [0.25, 0.3) is 0 Å². The molecule has 5 heteroatoms. The predicted octanol–water partition coefficient (Wildman–Crippen LogP) is 4.39. The molecular weight excluding hydrogens is 341 g/mol. The van der Waals surface area contributed by atoms with Crippen LogP contribution in [0.25, 0.3) is 0 Å². The van der Waals surface area contributed by atoms with Crippen molar-refractivity contribution in [1.82, 2.24) is 5.32 Å². The third kappa shape index (κ3) is 4.80. The van der Waals surface area contributed by atoms with E-state index in [0.717, 1.165) is 5.56 Å². The molecule has 0 aromatic heterocycles. The van der Waals surface area contributed by atoms with Crippen LogP contribution in [0.1, 0.15) is 44.4 Å². The lowest BCUT2D eigenvalue weighted by Crippen LogP contribution is -2.40. The Balaban J connectivity index is 2.05. The summed E-state index contributed by atoms with van der Waals surface area (Å²) in [6.45, 7) is 5.59. The Morgan fingerprint density at radius 2 is 1.84 bits per heavy atom. The molecule has 3 nitrogen and oxygen atoms in total. The zero-order chi connectivity index (χ0) is 18.6. The Labute approximate surface area is 152 Å². The van der Waals surface area contributed by atoms with Crippen molar-refractivity contribution >= 4 is 17.5 Å². The van der Waals surface area contributed by atoms with E-state index in [1.165, 1.54) is 18.2 Å². The van der Waals surface area contributed by atoms with E-state index in [1.807, 2.05) is 44.2 Å². The molecule has 2 atom stereocenters. The van der Waals surface area contributed by atoms with Crippen molar-refractivity contribution in [2.24, 2.45) is 0 Å². The highest BCUT2D eigenvalue weighted by molar-refractivity contribution is 6.31. The van der Waals surface area contributed by atoms with Crippen LogP contribution in [0.4, 0.5) is 4.39 Å². The van der Waals surface area contributed by atoms with E-state index in [9.17, 15) is 14.3 Å². The van der Waals surface area contributed by atoms with Gasteiger partial charge in [-0.05, 0) is 30.0 Å². The number of amides is 1. The Hall–Kier alpha value is -1.91. The van der Waals surface area contributed by atoms with Gasteiger partial charge in [0.05, 0.1) is 6.04 Å². The van der Waals surface area contributed by atoms with Crippen LogP contribution in [0, 0.1) is 5.82 Å². The highest BCUT2D eigenvalue weighted by atomic mass is 35.5. The lowest BCUT2D eigenvalue weighted by Gasteiger charge is -2.27. The molecule has 0 bridgehead atoms. The minimum Gasteiger partial charge on any atom is -0.386 e. The first-order valence-electron chi connectivity index (χ1n) is 8.19. The summed E-state index contributed by atoms with van der Waals surface area (Å²) in [6, 6.07) is 13.3. The number of nitrogens with one attached hydrogen (secondary N) is 1. The molecule has 2 aromatic rings. The molecular formula is C20H23ClFNO2. The van der Waals surface area contributed by atoms with Gasteiger partial charge in [0.2, 0.25) is 5.91 Å². The number of aliphatic hydroxyl groups is 1. The topological polar surface area (TPSA) is 49.3 Å². The van der Waals surface area contributed by atoms with Crippen molar-refractivity contribution in [1.29, 1.82) is 0 Å². The monoisotopic (exact) mass is 363 g/mol. The number of carbonyl (C=O) groups excluding carboxylic acids is 1. The van der Waals surface area contributed by atoms with Gasteiger partial charge in [0.15, 0.2) is 0 Å². The summed E-state index contributed by atoms with van der Waals surface area (Å²) in [5.74, 6) is -0.807. The molecule has 0 heterocycles. The van der Waals surface area contributed by atoms with Crippen molar-refractivity contribution in [2.45, 2.75) is 44.8 Å². The van der Waals surface area contributed by atoms with Crippen molar-refractivity contribution in [3.05, 3.63) is 70.5 Å². The number of rotatable bonds is 6. The molecule has 0 radical (unpaired) electrons. The number of halogens is 2. The normalized spacial score (nSPS) is 14.0. The van der Waals surface area contributed by atoms with Crippen LogP contribution < -0.4 is 5.32 Å². The van der Waals surface area contributed by atoms with E-state index in [1.54, 1.807) is 6.92 Å². The average Bonchev–Trinajstić information content (AvgIpc) is 2.54. The maximum absolute atomic E-state index is 13.9. The Morgan fingerprint density at radius 3 is 2.44 bits per heavy atom. The third-order valence-corrected chi connectivity index (χ3v) is 4.65. The lowest BCUT2D eigenvalue weighted by atomic mass is 9.81. The lowest BCUT2D eigenvalue weighted by molar-refractivity contribution is -0.123. The van der Waals surface area contributed by atoms with Crippen molar-refractivity contribution in [3.8, 4) is 0 Å². The second-order valence-electron chi connectivity index (χ2n) is 6.86. The molecule has 0 aliphatic rings. The molecule has 0 spiro atoms. The SMILES string of the molecule is CC(NC(=O)CC(C)(C)c1ccccc1)C(O)c1c(F)cccc1Cl. The van der Waals surface area contributed by atoms with Crippen LogP contribution in [-0.2, 0) is 10.2 Å². The molecule has 2 aromatic carbocycles. The van der Waals surface area contributed by atoms with Crippen molar-refractivity contribution < 1.29 is 14.3 Å². The van der Waals surface area contributed by atoms with Gasteiger partial charge in [-0.2, -0.15) is 0 Å². The van der Waals surface area contributed by atoms with Crippen LogP contribution in [-0.4, -0.2) is 17.1 Å². The second-order valence-corrected chi connectivity index (χ2v) is 7.27. The Morgan fingerprint density at radius 1 is 1.20 bits per heavy atom. The van der Waals surface area contributed by atoms with Crippen LogP contribution in [0.15, 0.2) is 48.5 Å². The molecule has 1 amide bonds. The third-order valence-electron chi connectivity index (χ3n) is 4.32. The first-order chi connectivity index (χ1) is 11.7. The summed E-state index contributed by atoms with van der Waals surface area (Å²) >= 11 is 5.98. The van der Waals surface area contributed by atoms with E-state index >= 15 is 0 Å². The summed E-state index contributed by atoms with van der Waals surface area (Å²) in [5.41, 5.74) is 0.695. The molecule has 0 aliphatic heterocycles. The fourth-order valence-corrected chi connectivity index (χ4v) is 3.09.